The lowest BCUT2D eigenvalue weighted by molar-refractivity contribution is -0.122. The molecule has 0 bridgehead atoms. The van der Waals surface area contributed by atoms with E-state index >= 15 is 0 Å². The largest absolute Gasteiger partial charge is 0.377 e. The van der Waals surface area contributed by atoms with Gasteiger partial charge in [-0.05, 0) is 13.8 Å². The highest BCUT2D eigenvalue weighted by Crippen LogP contribution is 2.00. The van der Waals surface area contributed by atoms with Gasteiger partial charge in [-0.25, -0.2) is 4.99 Å². The van der Waals surface area contributed by atoms with Crippen LogP contribution in [0.1, 0.15) is 13.8 Å². The minimum atomic E-state index is -1.12. The van der Waals surface area contributed by atoms with Crippen molar-refractivity contribution in [1.82, 2.24) is 0 Å². The van der Waals surface area contributed by atoms with Gasteiger partial charge in [-0.15, -0.1) is 0 Å². The maximum absolute atomic E-state index is 10.7. The molecule has 0 aromatic rings. The van der Waals surface area contributed by atoms with Gasteiger partial charge < -0.3 is 5.11 Å². The monoisotopic (exact) mass is 140 g/mol. The standard InChI is InChI=1S/C6H8N2O2/c1-3-5(9)6(10)8-4(2)7-3/h5,9H,1-2H3. The van der Waals surface area contributed by atoms with Crippen molar-refractivity contribution < 1.29 is 9.90 Å². The van der Waals surface area contributed by atoms with Crippen molar-refractivity contribution in [2.75, 3.05) is 0 Å². The number of amidine groups is 1. The van der Waals surface area contributed by atoms with E-state index in [4.69, 9.17) is 5.11 Å². The van der Waals surface area contributed by atoms with Gasteiger partial charge in [0.1, 0.15) is 5.84 Å². The van der Waals surface area contributed by atoms with Crippen LogP contribution in [0.15, 0.2) is 9.98 Å². The van der Waals surface area contributed by atoms with Gasteiger partial charge in [0.15, 0.2) is 6.10 Å². The van der Waals surface area contributed by atoms with Crippen molar-refractivity contribution in [2.45, 2.75) is 20.0 Å². The van der Waals surface area contributed by atoms with E-state index in [2.05, 4.69) is 9.98 Å². The van der Waals surface area contributed by atoms with Crippen molar-refractivity contribution in [3.63, 3.8) is 0 Å². The summed E-state index contributed by atoms with van der Waals surface area (Å²) in [5.74, 6) is -0.113. The van der Waals surface area contributed by atoms with Crippen molar-refractivity contribution in [1.29, 1.82) is 0 Å². The molecule has 10 heavy (non-hydrogen) atoms. The summed E-state index contributed by atoms with van der Waals surface area (Å²) in [5.41, 5.74) is 0.414. The summed E-state index contributed by atoms with van der Waals surface area (Å²) < 4.78 is 0. The summed E-state index contributed by atoms with van der Waals surface area (Å²) in [6.45, 7) is 3.22. The highest BCUT2D eigenvalue weighted by atomic mass is 16.3. The zero-order chi connectivity index (χ0) is 7.72. The van der Waals surface area contributed by atoms with E-state index in [1.165, 1.54) is 0 Å². The van der Waals surface area contributed by atoms with Gasteiger partial charge in [0, 0.05) is 0 Å². The quantitative estimate of drug-likeness (QED) is 0.505. The minimum absolute atomic E-state index is 0.410. The Labute approximate surface area is 58.3 Å². The lowest BCUT2D eigenvalue weighted by Gasteiger charge is -2.10. The molecular weight excluding hydrogens is 132 g/mol. The molecule has 1 atom stereocenters. The van der Waals surface area contributed by atoms with Crippen LogP contribution in [0.4, 0.5) is 0 Å². The van der Waals surface area contributed by atoms with Crippen LogP contribution in [0.2, 0.25) is 0 Å². The first kappa shape index (κ1) is 7.08. The summed E-state index contributed by atoms with van der Waals surface area (Å²) in [5, 5.41) is 8.98. The first-order chi connectivity index (χ1) is 4.61. The van der Waals surface area contributed by atoms with Gasteiger partial charge in [0.05, 0.1) is 5.71 Å². The SMILES string of the molecule is CC1=NC(=O)C(O)C(C)=N1. The Morgan fingerprint density at radius 2 is 2.00 bits per heavy atom. The molecule has 0 spiro atoms. The number of aliphatic hydroxyl groups excluding tert-OH is 1. The van der Waals surface area contributed by atoms with Crippen LogP contribution in [-0.2, 0) is 4.79 Å². The number of carbonyl (C=O) groups is 1. The Bertz CT molecular complexity index is 230. The average molecular weight is 140 g/mol. The Morgan fingerprint density at radius 1 is 1.40 bits per heavy atom. The molecule has 0 saturated heterocycles. The Hall–Kier alpha value is -1.03. The number of carbonyl (C=O) groups excluding carboxylic acids is 1. The van der Waals surface area contributed by atoms with Gasteiger partial charge in [-0.3, -0.25) is 4.79 Å². The molecule has 0 aromatic carbocycles. The van der Waals surface area contributed by atoms with Crippen LogP contribution in [0.5, 0.6) is 0 Å². The molecule has 1 amide bonds. The van der Waals surface area contributed by atoms with Crippen LogP contribution in [0.25, 0.3) is 0 Å². The molecule has 1 rings (SSSR count). The number of hydrogen-bond acceptors (Lipinski definition) is 3. The normalized spacial score (nSPS) is 25.9. The lowest BCUT2D eigenvalue weighted by atomic mass is 10.2. The second kappa shape index (κ2) is 2.30. The summed E-state index contributed by atoms with van der Waals surface area (Å²) in [7, 11) is 0. The van der Waals surface area contributed by atoms with Gasteiger partial charge in [0.25, 0.3) is 5.91 Å². The molecule has 1 N–H and O–H groups in total. The van der Waals surface area contributed by atoms with E-state index in [1.54, 1.807) is 13.8 Å². The number of rotatable bonds is 0. The number of nitrogens with zero attached hydrogens (tertiary/aromatic N) is 2. The Balaban J connectivity index is 2.95. The first-order valence-electron chi connectivity index (χ1n) is 2.93. The van der Waals surface area contributed by atoms with Gasteiger partial charge in [0.2, 0.25) is 0 Å². The van der Waals surface area contributed by atoms with Crippen LogP contribution in [0, 0.1) is 0 Å². The summed E-state index contributed by atoms with van der Waals surface area (Å²) in [6, 6.07) is 0. The Kier molecular flexibility index (Phi) is 1.63. The van der Waals surface area contributed by atoms with E-state index < -0.39 is 12.0 Å². The highest BCUT2D eigenvalue weighted by molar-refractivity contribution is 6.16. The number of hydrogen-bond donors (Lipinski definition) is 1. The van der Waals surface area contributed by atoms with Crippen molar-refractivity contribution >= 4 is 17.5 Å². The molecule has 1 aliphatic rings. The molecule has 54 valence electrons. The number of aliphatic hydroxyl groups is 1. The fourth-order valence-electron chi connectivity index (χ4n) is 0.741. The molecule has 4 heteroatoms. The minimum Gasteiger partial charge on any atom is -0.377 e. The zero-order valence-electron chi connectivity index (χ0n) is 5.83. The van der Waals surface area contributed by atoms with E-state index in [0.29, 0.717) is 11.5 Å². The predicted molar refractivity (Wildman–Crippen MR) is 37.2 cm³/mol. The molecule has 0 saturated carbocycles. The summed E-state index contributed by atoms with van der Waals surface area (Å²) in [6.07, 6.45) is -1.12. The van der Waals surface area contributed by atoms with E-state index in [-0.39, 0.29) is 0 Å². The lowest BCUT2D eigenvalue weighted by Crippen LogP contribution is -2.30. The number of aliphatic imine (C=N–C) groups is 2. The molecule has 1 unspecified atom stereocenters. The smallest absolute Gasteiger partial charge is 0.282 e. The number of amides is 1. The second-order valence-electron chi connectivity index (χ2n) is 2.15. The van der Waals surface area contributed by atoms with Crippen LogP contribution >= 0.6 is 0 Å². The van der Waals surface area contributed by atoms with E-state index in [1.807, 2.05) is 0 Å². The van der Waals surface area contributed by atoms with Crippen LogP contribution in [0.3, 0.4) is 0 Å². The van der Waals surface area contributed by atoms with Crippen molar-refractivity contribution in [3.05, 3.63) is 0 Å². The van der Waals surface area contributed by atoms with Gasteiger partial charge >= 0.3 is 0 Å². The summed E-state index contributed by atoms with van der Waals surface area (Å²) >= 11 is 0. The van der Waals surface area contributed by atoms with E-state index in [9.17, 15) is 4.79 Å². The maximum atomic E-state index is 10.7. The van der Waals surface area contributed by atoms with Crippen molar-refractivity contribution in [2.24, 2.45) is 9.98 Å². The fourth-order valence-corrected chi connectivity index (χ4v) is 0.741. The topological polar surface area (TPSA) is 62.0 Å². The molecule has 1 aliphatic heterocycles. The van der Waals surface area contributed by atoms with Crippen molar-refractivity contribution in [3.8, 4) is 0 Å². The molecule has 0 fully saturated rings. The molecular formula is C6H8N2O2. The summed E-state index contributed by atoms with van der Waals surface area (Å²) in [4.78, 5) is 18.0. The van der Waals surface area contributed by atoms with E-state index in [0.717, 1.165) is 0 Å². The average Bonchev–Trinajstić information content (AvgIpc) is 1.82. The third-order valence-corrected chi connectivity index (χ3v) is 1.24. The van der Waals surface area contributed by atoms with Crippen LogP contribution in [-0.4, -0.2) is 28.7 Å². The maximum Gasteiger partial charge on any atom is 0.282 e. The molecule has 4 nitrogen and oxygen atoms in total. The highest BCUT2D eigenvalue weighted by Gasteiger charge is 2.21. The third kappa shape index (κ3) is 1.11. The zero-order valence-corrected chi connectivity index (χ0v) is 5.83. The molecule has 0 aliphatic carbocycles. The third-order valence-electron chi connectivity index (χ3n) is 1.24. The van der Waals surface area contributed by atoms with Crippen LogP contribution < -0.4 is 0 Å². The predicted octanol–water partition coefficient (Wildman–Crippen LogP) is -0.233. The fraction of sp³-hybridized carbons (Fsp3) is 0.500. The van der Waals surface area contributed by atoms with Gasteiger partial charge in [-0.2, -0.15) is 4.99 Å². The molecule has 1 heterocycles. The Morgan fingerprint density at radius 3 is 2.50 bits per heavy atom. The molecule has 0 radical (unpaired) electrons. The second-order valence-corrected chi connectivity index (χ2v) is 2.15. The van der Waals surface area contributed by atoms with Gasteiger partial charge in [-0.1, -0.05) is 0 Å². The molecule has 0 aromatic heterocycles. The first-order valence-corrected chi connectivity index (χ1v) is 2.93.